The van der Waals surface area contributed by atoms with E-state index in [1.54, 1.807) is 0 Å². The van der Waals surface area contributed by atoms with Gasteiger partial charge in [0.2, 0.25) is 5.91 Å². The number of H-pyrrole nitrogens is 1. The van der Waals surface area contributed by atoms with E-state index >= 15 is 0 Å². The van der Waals surface area contributed by atoms with Crippen LogP contribution in [0.2, 0.25) is 0 Å². The van der Waals surface area contributed by atoms with Gasteiger partial charge in [0, 0.05) is 19.5 Å². The molecule has 0 radical (unpaired) electrons. The van der Waals surface area contributed by atoms with Crippen molar-refractivity contribution < 1.29 is 4.79 Å². The molecule has 7 heteroatoms. The summed E-state index contributed by atoms with van der Waals surface area (Å²) in [5.41, 5.74) is 2.53. The van der Waals surface area contributed by atoms with Crippen LogP contribution < -0.4 is 10.6 Å². The third-order valence-corrected chi connectivity index (χ3v) is 3.52. The molecule has 21 heavy (non-hydrogen) atoms. The second kappa shape index (κ2) is 7.19. The molecule has 0 bridgehead atoms. The van der Waals surface area contributed by atoms with E-state index in [9.17, 15) is 4.79 Å². The minimum Gasteiger partial charge on any atom is -0.354 e. The van der Waals surface area contributed by atoms with Gasteiger partial charge in [-0.15, -0.1) is 12.4 Å². The Hall–Kier alpha value is -1.92. The van der Waals surface area contributed by atoms with E-state index in [-0.39, 0.29) is 24.4 Å². The summed E-state index contributed by atoms with van der Waals surface area (Å²) in [6.45, 7) is 1.31. The molecule has 3 N–H and O–H groups in total. The first-order valence-corrected chi connectivity index (χ1v) is 6.75. The third-order valence-electron chi connectivity index (χ3n) is 3.52. The topological polar surface area (TPSA) is 82.7 Å². The van der Waals surface area contributed by atoms with E-state index in [1.807, 2.05) is 12.1 Å². The molecule has 1 aromatic carbocycles. The molecule has 2 heterocycles. The van der Waals surface area contributed by atoms with Gasteiger partial charge in [-0.3, -0.25) is 9.89 Å². The predicted octanol–water partition coefficient (Wildman–Crippen LogP) is 0.600. The highest BCUT2D eigenvalue weighted by Crippen LogP contribution is 2.16. The van der Waals surface area contributed by atoms with Crippen molar-refractivity contribution in [2.24, 2.45) is 0 Å². The van der Waals surface area contributed by atoms with Gasteiger partial charge in [0.25, 0.3) is 0 Å². The molecule has 0 aliphatic carbocycles. The van der Waals surface area contributed by atoms with Crippen LogP contribution in [0, 0.1) is 0 Å². The number of nitrogens with one attached hydrogen (secondary N) is 3. The molecule has 3 rings (SSSR count). The number of carbonyl (C=O) groups excluding carboxylic acids is 1. The number of benzene rings is 1. The SMILES string of the molecule is Cl.O=C(NCCc1ncn[nH]1)C1Cc2ccccc2CN1. The molecule has 0 spiro atoms. The summed E-state index contributed by atoms with van der Waals surface area (Å²) < 4.78 is 0. The van der Waals surface area contributed by atoms with Crippen molar-refractivity contribution in [1.29, 1.82) is 0 Å². The van der Waals surface area contributed by atoms with Crippen LogP contribution in [0.4, 0.5) is 0 Å². The van der Waals surface area contributed by atoms with Gasteiger partial charge in [-0.25, -0.2) is 4.98 Å². The molecule has 112 valence electrons. The molecule has 1 unspecified atom stereocenters. The van der Waals surface area contributed by atoms with Crippen molar-refractivity contribution >= 4 is 18.3 Å². The van der Waals surface area contributed by atoms with E-state index in [4.69, 9.17) is 0 Å². The smallest absolute Gasteiger partial charge is 0.237 e. The number of aromatic amines is 1. The highest BCUT2D eigenvalue weighted by Gasteiger charge is 2.23. The van der Waals surface area contributed by atoms with Crippen molar-refractivity contribution in [2.75, 3.05) is 6.54 Å². The summed E-state index contributed by atoms with van der Waals surface area (Å²) >= 11 is 0. The third kappa shape index (κ3) is 3.80. The number of rotatable bonds is 4. The molecule has 0 saturated carbocycles. The van der Waals surface area contributed by atoms with E-state index in [1.165, 1.54) is 17.5 Å². The molecular formula is C14H18ClN5O. The zero-order chi connectivity index (χ0) is 13.8. The van der Waals surface area contributed by atoms with Gasteiger partial charge in [-0.2, -0.15) is 5.10 Å². The Morgan fingerprint density at radius 2 is 2.14 bits per heavy atom. The van der Waals surface area contributed by atoms with Crippen LogP contribution in [0.1, 0.15) is 17.0 Å². The lowest BCUT2D eigenvalue weighted by Crippen LogP contribution is -2.48. The zero-order valence-electron chi connectivity index (χ0n) is 11.5. The van der Waals surface area contributed by atoms with E-state index < -0.39 is 0 Å². The van der Waals surface area contributed by atoms with Crippen molar-refractivity contribution in [1.82, 2.24) is 25.8 Å². The van der Waals surface area contributed by atoms with Gasteiger partial charge in [0.05, 0.1) is 6.04 Å². The van der Waals surface area contributed by atoms with Crippen LogP contribution in [0.25, 0.3) is 0 Å². The van der Waals surface area contributed by atoms with Crippen LogP contribution in [0.15, 0.2) is 30.6 Å². The van der Waals surface area contributed by atoms with Crippen LogP contribution in [-0.2, 0) is 24.2 Å². The molecule has 1 aromatic heterocycles. The number of nitrogens with zero attached hydrogens (tertiary/aromatic N) is 2. The van der Waals surface area contributed by atoms with Crippen molar-refractivity contribution in [3.05, 3.63) is 47.5 Å². The maximum absolute atomic E-state index is 12.1. The maximum Gasteiger partial charge on any atom is 0.237 e. The number of hydrogen-bond acceptors (Lipinski definition) is 4. The van der Waals surface area contributed by atoms with Crippen LogP contribution in [0.5, 0.6) is 0 Å². The monoisotopic (exact) mass is 307 g/mol. The Kier molecular flexibility index (Phi) is 5.30. The Morgan fingerprint density at radius 3 is 2.90 bits per heavy atom. The standard InChI is InChI=1S/C14H17N5O.ClH/c20-14(15-6-5-13-17-9-18-19-13)12-7-10-3-1-2-4-11(10)8-16-12;/h1-4,9,12,16H,5-8H2,(H,15,20)(H,17,18,19);1H. The van der Waals surface area contributed by atoms with Gasteiger partial charge in [0.15, 0.2) is 0 Å². The van der Waals surface area contributed by atoms with Gasteiger partial charge in [-0.1, -0.05) is 24.3 Å². The first kappa shape index (κ1) is 15.5. The molecule has 0 saturated heterocycles. The molecule has 0 fully saturated rings. The number of halogens is 1. The van der Waals surface area contributed by atoms with Gasteiger partial charge < -0.3 is 10.6 Å². The van der Waals surface area contributed by atoms with E-state index in [0.717, 1.165) is 18.8 Å². The zero-order valence-corrected chi connectivity index (χ0v) is 12.3. The lowest BCUT2D eigenvalue weighted by Gasteiger charge is -2.25. The van der Waals surface area contributed by atoms with Crippen molar-refractivity contribution in [2.45, 2.75) is 25.4 Å². The summed E-state index contributed by atoms with van der Waals surface area (Å²) in [7, 11) is 0. The summed E-state index contributed by atoms with van der Waals surface area (Å²) in [6.07, 6.45) is 2.87. The highest BCUT2D eigenvalue weighted by molar-refractivity contribution is 5.85. The number of fused-ring (bicyclic) bond motifs is 1. The Balaban J connectivity index is 0.00000161. The molecule has 1 atom stereocenters. The molecule has 6 nitrogen and oxygen atoms in total. The van der Waals surface area contributed by atoms with Crippen LogP contribution in [-0.4, -0.2) is 33.7 Å². The number of amides is 1. The van der Waals surface area contributed by atoms with Gasteiger partial charge in [-0.05, 0) is 17.5 Å². The maximum atomic E-state index is 12.1. The second-order valence-electron chi connectivity index (χ2n) is 4.88. The fourth-order valence-electron chi connectivity index (χ4n) is 2.42. The van der Waals surface area contributed by atoms with Crippen LogP contribution >= 0.6 is 12.4 Å². The molecule has 1 aliphatic rings. The van der Waals surface area contributed by atoms with Crippen LogP contribution in [0.3, 0.4) is 0 Å². The number of hydrogen-bond donors (Lipinski definition) is 3. The number of aromatic nitrogens is 3. The van der Waals surface area contributed by atoms with Crippen molar-refractivity contribution in [3.8, 4) is 0 Å². The largest absolute Gasteiger partial charge is 0.354 e. The summed E-state index contributed by atoms with van der Waals surface area (Å²) in [4.78, 5) is 16.1. The molecular weight excluding hydrogens is 290 g/mol. The Labute approximate surface area is 129 Å². The van der Waals surface area contributed by atoms with E-state index in [0.29, 0.717) is 13.0 Å². The van der Waals surface area contributed by atoms with Gasteiger partial charge in [0.1, 0.15) is 12.2 Å². The lowest BCUT2D eigenvalue weighted by atomic mass is 9.95. The fraction of sp³-hybridized carbons (Fsp3) is 0.357. The summed E-state index contributed by atoms with van der Waals surface area (Å²) in [6, 6.07) is 8.08. The average molecular weight is 308 g/mol. The lowest BCUT2D eigenvalue weighted by molar-refractivity contribution is -0.123. The summed E-state index contributed by atoms with van der Waals surface area (Å²) in [5, 5.41) is 12.8. The Morgan fingerprint density at radius 1 is 1.33 bits per heavy atom. The molecule has 2 aromatic rings. The van der Waals surface area contributed by atoms with Crippen molar-refractivity contribution in [3.63, 3.8) is 0 Å². The normalized spacial score (nSPS) is 16.7. The molecule has 1 aliphatic heterocycles. The first-order chi connectivity index (χ1) is 9.83. The predicted molar refractivity (Wildman–Crippen MR) is 81.1 cm³/mol. The first-order valence-electron chi connectivity index (χ1n) is 6.75. The average Bonchev–Trinajstić information content (AvgIpc) is 3.00. The summed E-state index contributed by atoms with van der Waals surface area (Å²) in [5.74, 6) is 0.825. The Bertz CT molecular complexity index is 587. The second-order valence-corrected chi connectivity index (χ2v) is 4.88. The highest BCUT2D eigenvalue weighted by atomic mass is 35.5. The number of carbonyl (C=O) groups is 1. The molecule has 1 amide bonds. The quantitative estimate of drug-likeness (QED) is 0.772. The minimum absolute atomic E-state index is 0. The fourth-order valence-corrected chi connectivity index (χ4v) is 2.42. The van der Waals surface area contributed by atoms with E-state index in [2.05, 4.69) is 37.9 Å². The van der Waals surface area contributed by atoms with Gasteiger partial charge >= 0.3 is 0 Å². The minimum atomic E-state index is -0.153.